The van der Waals surface area contributed by atoms with Gasteiger partial charge in [0.2, 0.25) is 0 Å². The minimum Gasteiger partial charge on any atom is -0.330 e. The standard InChI is InChI=1S/C14H19N/c1-11(5-4-8-15)9-13-10-12-6-2-3-7-14(12)13/h2-3,5-7,13H,4,8-10,15H2,1H3. The summed E-state index contributed by atoms with van der Waals surface area (Å²) in [6.07, 6.45) is 5.75. The Balaban J connectivity index is 1.94. The number of fused-ring (bicyclic) bond motifs is 1. The molecule has 1 unspecified atom stereocenters. The summed E-state index contributed by atoms with van der Waals surface area (Å²) < 4.78 is 0. The molecule has 2 rings (SSSR count). The molecule has 0 aliphatic heterocycles. The van der Waals surface area contributed by atoms with E-state index in [0.717, 1.165) is 18.9 Å². The average molecular weight is 201 g/mol. The molecule has 0 heterocycles. The van der Waals surface area contributed by atoms with Gasteiger partial charge < -0.3 is 5.73 Å². The van der Waals surface area contributed by atoms with E-state index in [0.29, 0.717) is 0 Å². The summed E-state index contributed by atoms with van der Waals surface area (Å²) in [5.74, 6) is 0.759. The van der Waals surface area contributed by atoms with Gasteiger partial charge in [0, 0.05) is 0 Å². The first-order chi connectivity index (χ1) is 7.31. The first kappa shape index (κ1) is 10.4. The zero-order valence-corrected chi connectivity index (χ0v) is 9.37. The van der Waals surface area contributed by atoms with E-state index < -0.39 is 0 Å². The maximum atomic E-state index is 5.49. The molecule has 0 saturated heterocycles. The fourth-order valence-corrected chi connectivity index (χ4v) is 2.35. The number of allylic oxidation sites excluding steroid dienone is 1. The summed E-state index contributed by atoms with van der Waals surface area (Å²) in [6.45, 7) is 2.98. The second-order valence-corrected chi connectivity index (χ2v) is 4.43. The minimum absolute atomic E-state index is 0.759. The summed E-state index contributed by atoms with van der Waals surface area (Å²) in [5, 5.41) is 0. The van der Waals surface area contributed by atoms with Crippen molar-refractivity contribution in [1.29, 1.82) is 0 Å². The largest absolute Gasteiger partial charge is 0.330 e. The van der Waals surface area contributed by atoms with E-state index in [2.05, 4.69) is 37.3 Å². The van der Waals surface area contributed by atoms with Gasteiger partial charge in [0.05, 0.1) is 0 Å². The van der Waals surface area contributed by atoms with E-state index >= 15 is 0 Å². The van der Waals surface area contributed by atoms with Crippen LogP contribution in [-0.2, 0) is 6.42 Å². The molecular weight excluding hydrogens is 182 g/mol. The van der Waals surface area contributed by atoms with Gasteiger partial charge in [-0.05, 0) is 49.8 Å². The number of rotatable bonds is 4. The van der Waals surface area contributed by atoms with Gasteiger partial charge in [-0.2, -0.15) is 0 Å². The van der Waals surface area contributed by atoms with Gasteiger partial charge in [0.1, 0.15) is 0 Å². The molecule has 2 N–H and O–H groups in total. The van der Waals surface area contributed by atoms with E-state index in [4.69, 9.17) is 5.73 Å². The second kappa shape index (κ2) is 4.63. The maximum Gasteiger partial charge on any atom is -0.00425 e. The smallest absolute Gasteiger partial charge is 0.00425 e. The molecule has 1 atom stereocenters. The zero-order valence-electron chi connectivity index (χ0n) is 9.37. The lowest BCUT2D eigenvalue weighted by Gasteiger charge is -2.30. The second-order valence-electron chi connectivity index (χ2n) is 4.43. The molecule has 1 aliphatic carbocycles. The van der Waals surface area contributed by atoms with Gasteiger partial charge >= 0.3 is 0 Å². The third kappa shape index (κ3) is 2.29. The Morgan fingerprint density at radius 3 is 3.00 bits per heavy atom. The molecule has 0 amide bonds. The number of benzene rings is 1. The molecule has 15 heavy (non-hydrogen) atoms. The van der Waals surface area contributed by atoms with Crippen molar-refractivity contribution in [2.45, 2.75) is 32.1 Å². The third-order valence-electron chi connectivity index (χ3n) is 3.19. The van der Waals surface area contributed by atoms with Gasteiger partial charge in [-0.3, -0.25) is 0 Å². The van der Waals surface area contributed by atoms with Crippen LogP contribution >= 0.6 is 0 Å². The number of hydrogen-bond acceptors (Lipinski definition) is 1. The van der Waals surface area contributed by atoms with Crippen LogP contribution in [-0.4, -0.2) is 6.54 Å². The lowest BCUT2D eigenvalue weighted by Crippen LogP contribution is -2.16. The lowest BCUT2D eigenvalue weighted by molar-refractivity contribution is 0.600. The summed E-state index contributed by atoms with van der Waals surface area (Å²) in [6, 6.07) is 8.78. The molecule has 1 aromatic carbocycles. The average Bonchev–Trinajstić information content (AvgIpc) is 2.23. The Bertz CT molecular complexity index is 365. The van der Waals surface area contributed by atoms with Crippen LogP contribution in [0.5, 0.6) is 0 Å². The fraction of sp³-hybridized carbons (Fsp3) is 0.429. The van der Waals surface area contributed by atoms with Crippen LogP contribution in [0.25, 0.3) is 0 Å². The Morgan fingerprint density at radius 1 is 1.47 bits per heavy atom. The number of nitrogens with two attached hydrogens (primary N) is 1. The fourth-order valence-electron chi connectivity index (χ4n) is 2.35. The highest BCUT2D eigenvalue weighted by Gasteiger charge is 2.24. The summed E-state index contributed by atoms with van der Waals surface area (Å²) in [5.41, 5.74) is 10.1. The number of hydrogen-bond donors (Lipinski definition) is 1. The monoisotopic (exact) mass is 201 g/mol. The van der Waals surface area contributed by atoms with E-state index in [1.807, 2.05) is 0 Å². The quantitative estimate of drug-likeness (QED) is 0.744. The Morgan fingerprint density at radius 2 is 2.27 bits per heavy atom. The van der Waals surface area contributed by atoms with Crippen LogP contribution in [0.15, 0.2) is 35.9 Å². The molecule has 1 aliphatic rings. The van der Waals surface area contributed by atoms with Crippen molar-refractivity contribution in [2.75, 3.05) is 6.54 Å². The lowest BCUT2D eigenvalue weighted by atomic mass is 9.74. The predicted octanol–water partition coefficient (Wildman–Crippen LogP) is 3.01. The van der Waals surface area contributed by atoms with Crippen molar-refractivity contribution < 1.29 is 0 Å². The van der Waals surface area contributed by atoms with Crippen molar-refractivity contribution in [3.8, 4) is 0 Å². The Labute approximate surface area is 92.0 Å². The van der Waals surface area contributed by atoms with Gasteiger partial charge in [-0.15, -0.1) is 0 Å². The molecule has 0 radical (unpaired) electrons. The normalized spacial score (nSPS) is 19.6. The van der Waals surface area contributed by atoms with Crippen LogP contribution in [0.2, 0.25) is 0 Å². The van der Waals surface area contributed by atoms with Crippen LogP contribution in [0.3, 0.4) is 0 Å². The molecule has 0 fully saturated rings. The third-order valence-corrected chi connectivity index (χ3v) is 3.19. The minimum atomic E-state index is 0.759. The Kier molecular flexibility index (Phi) is 3.22. The highest BCUT2D eigenvalue weighted by Crippen LogP contribution is 2.38. The molecule has 1 heteroatoms. The topological polar surface area (TPSA) is 26.0 Å². The maximum absolute atomic E-state index is 5.49. The van der Waals surface area contributed by atoms with Crippen LogP contribution in [0, 0.1) is 0 Å². The molecule has 1 nitrogen and oxygen atoms in total. The molecular formula is C14H19N. The summed E-state index contributed by atoms with van der Waals surface area (Å²) >= 11 is 0. The van der Waals surface area contributed by atoms with Gasteiger partial charge in [-0.1, -0.05) is 35.9 Å². The molecule has 1 aromatic rings. The van der Waals surface area contributed by atoms with E-state index in [-0.39, 0.29) is 0 Å². The van der Waals surface area contributed by atoms with Gasteiger partial charge in [0.15, 0.2) is 0 Å². The van der Waals surface area contributed by atoms with Crippen LogP contribution < -0.4 is 5.73 Å². The predicted molar refractivity (Wildman–Crippen MR) is 64.9 cm³/mol. The van der Waals surface area contributed by atoms with Crippen molar-refractivity contribution in [1.82, 2.24) is 0 Å². The van der Waals surface area contributed by atoms with Crippen molar-refractivity contribution in [3.63, 3.8) is 0 Å². The van der Waals surface area contributed by atoms with Crippen LogP contribution in [0.1, 0.15) is 36.8 Å². The summed E-state index contributed by atoms with van der Waals surface area (Å²) in [4.78, 5) is 0. The van der Waals surface area contributed by atoms with Crippen molar-refractivity contribution >= 4 is 0 Å². The van der Waals surface area contributed by atoms with Crippen molar-refractivity contribution in [3.05, 3.63) is 47.0 Å². The van der Waals surface area contributed by atoms with Crippen molar-refractivity contribution in [2.24, 2.45) is 5.73 Å². The van der Waals surface area contributed by atoms with E-state index in [9.17, 15) is 0 Å². The first-order valence-corrected chi connectivity index (χ1v) is 5.74. The van der Waals surface area contributed by atoms with Gasteiger partial charge in [-0.25, -0.2) is 0 Å². The zero-order chi connectivity index (χ0) is 10.7. The van der Waals surface area contributed by atoms with E-state index in [1.165, 1.54) is 24.0 Å². The molecule has 0 bridgehead atoms. The SMILES string of the molecule is CC(=CCCN)CC1Cc2ccccc21. The molecule has 0 spiro atoms. The Hall–Kier alpha value is -1.08. The van der Waals surface area contributed by atoms with E-state index in [1.54, 1.807) is 5.56 Å². The van der Waals surface area contributed by atoms with Gasteiger partial charge in [0.25, 0.3) is 0 Å². The molecule has 0 aromatic heterocycles. The first-order valence-electron chi connectivity index (χ1n) is 5.74. The van der Waals surface area contributed by atoms with Crippen LogP contribution in [0.4, 0.5) is 0 Å². The highest BCUT2D eigenvalue weighted by molar-refractivity contribution is 5.40. The molecule has 0 saturated carbocycles. The highest BCUT2D eigenvalue weighted by atomic mass is 14.5. The molecule has 80 valence electrons. The summed E-state index contributed by atoms with van der Waals surface area (Å²) in [7, 11) is 0.